The van der Waals surface area contributed by atoms with Gasteiger partial charge in [0.1, 0.15) is 28.3 Å². The Kier molecular flexibility index (Phi) is 23.0. The summed E-state index contributed by atoms with van der Waals surface area (Å²) >= 11 is 0. The van der Waals surface area contributed by atoms with Crippen molar-refractivity contribution in [2.24, 2.45) is 0 Å². The average Bonchev–Trinajstić information content (AvgIpc) is 1.43. The van der Waals surface area contributed by atoms with Crippen LogP contribution in [0.25, 0.3) is 223 Å². The molecular formula is C137H101N7O2. The van der Waals surface area contributed by atoms with Crippen molar-refractivity contribution in [1.29, 1.82) is 0 Å². The lowest BCUT2D eigenvalue weighted by Crippen LogP contribution is -2.24. The minimum atomic E-state index is -0.284. The Hall–Kier alpha value is -18.3. The molecule has 5 heterocycles. The summed E-state index contributed by atoms with van der Waals surface area (Å²) < 4.78 is 12.6. The van der Waals surface area contributed by atoms with Gasteiger partial charge in [0.05, 0.1) is 11.4 Å². The van der Waals surface area contributed by atoms with Crippen molar-refractivity contribution >= 4 is 43.6 Å². The second-order valence-corrected chi connectivity index (χ2v) is 39.4. The highest BCUT2D eigenvalue weighted by Gasteiger charge is 2.42. The third-order valence-electron chi connectivity index (χ3n) is 29.4. The van der Waals surface area contributed by atoms with Gasteiger partial charge in [0, 0.05) is 77.3 Å². The number of rotatable bonds is 14. The van der Waals surface area contributed by atoms with Crippen molar-refractivity contribution in [3.63, 3.8) is 0 Å². The molecule has 0 amide bonds. The number of hydrogen-bond acceptors (Lipinski definition) is 9. The SMILES string of the molecule is C.CC1(C)c2ccccc2-c2ccc(-c3cccc(-c4ccc(-c5nc(-c6ccc(-c7ccccc7)cc6)nc(-c6ccc(-c7ccccc7)cc6)n5)cc4)c3)cc21.CC1(C)c2ccccc2Oc2ccc(-c3cccc(-c4nc(-c5ccccc5)c5c(n4)C(C)(C)c4ccc6ccccc6c4-5)c3)cc21.c1ccc(-c2nc(-c3ccc(-c4ccc(-c5ccc6ccccc6c5)cc4)cc3)nc3c2oc2ccccc23)cc1. The van der Waals surface area contributed by atoms with E-state index in [1.807, 2.05) is 54.6 Å². The van der Waals surface area contributed by atoms with Crippen LogP contribution in [0.5, 0.6) is 11.5 Å². The number of aromatic nitrogens is 7. The molecule has 9 nitrogen and oxygen atoms in total. The Morgan fingerprint density at radius 2 is 0.548 bits per heavy atom. The van der Waals surface area contributed by atoms with Crippen LogP contribution >= 0.6 is 0 Å². The van der Waals surface area contributed by atoms with Crippen molar-refractivity contribution in [3.05, 3.63) is 513 Å². The topological polar surface area (TPSA) is 113 Å². The summed E-state index contributed by atoms with van der Waals surface area (Å²) in [7, 11) is 0. The molecule has 146 heavy (non-hydrogen) atoms. The Balaban J connectivity index is 0.000000119. The van der Waals surface area contributed by atoms with Crippen LogP contribution in [0.15, 0.2) is 484 Å². The highest BCUT2D eigenvalue weighted by molar-refractivity contribution is 6.08. The van der Waals surface area contributed by atoms with E-state index in [-0.39, 0.29) is 23.7 Å². The van der Waals surface area contributed by atoms with E-state index in [9.17, 15) is 0 Å². The maximum atomic E-state index is 6.35. The maximum absolute atomic E-state index is 6.35. The van der Waals surface area contributed by atoms with Gasteiger partial charge in [0.15, 0.2) is 34.7 Å². The van der Waals surface area contributed by atoms with Gasteiger partial charge >= 0.3 is 0 Å². The van der Waals surface area contributed by atoms with Gasteiger partial charge in [-0.05, 0) is 187 Å². The van der Waals surface area contributed by atoms with Crippen molar-refractivity contribution < 1.29 is 9.15 Å². The number of fused-ring (bicyclic) bond motifs is 14. The first-order chi connectivity index (χ1) is 71.1. The van der Waals surface area contributed by atoms with E-state index < -0.39 is 0 Å². The van der Waals surface area contributed by atoms with E-state index in [0.29, 0.717) is 28.9 Å². The first-order valence-corrected chi connectivity index (χ1v) is 49.6. The monoisotopic (exact) mass is 1880 g/mol. The third-order valence-corrected chi connectivity index (χ3v) is 29.4. The standard InChI is InChI=1S/C54H39N3.C44H34N2O.C38H24N2O.CH4/c1-54(2)49-19-10-9-18-47(49)48-33-32-46(35-50(48)54)45-17-11-16-44(34-45)40-24-30-43(31-25-40)53-56-51(41-26-20-38(21-27-41)36-12-5-3-6-13-36)55-52(57-53)42-28-22-39(23-29-42)37-14-7-4-8-15-37;1-43(2)33-19-10-11-20-36(33)47-37-24-22-30(26-35(37)43)29-16-12-17-31(25-29)42-45-40(28-14-6-5-7-15-28)39-38-32-18-9-8-13-27(32)21-23-34(38)44(3,4)41(39)46-42;1-2-9-29(10-3-1)35-37-36(33-12-6-7-13-34(33)41-37)40-38(39-35)30-21-18-27(19-22-30)26-14-16-28(17-15-26)32-23-20-25-8-4-5-11-31(25)24-32;/h3-35H,1-2H3;5-26H,1-4H3;1-24H;1H4. The summed E-state index contributed by atoms with van der Waals surface area (Å²) in [5.41, 5.74) is 39.5. The third kappa shape index (κ3) is 16.6. The quantitative estimate of drug-likeness (QED) is 0.105. The molecule has 1 aliphatic heterocycles. The molecule has 0 N–H and O–H groups in total. The second kappa shape index (κ2) is 37.3. The molecular weight excluding hydrogens is 1780 g/mol. The molecule has 0 atom stereocenters. The van der Waals surface area contributed by atoms with Crippen LogP contribution in [0.4, 0.5) is 0 Å². The molecule has 9 heteroatoms. The fourth-order valence-corrected chi connectivity index (χ4v) is 21.5. The normalized spacial score (nSPS) is 12.9. The molecule has 0 spiro atoms. The van der Waals surface area contributed by atoms with E-state index in [2.05, 4.69) is 466 Å². The number of furan rings is 1. The van der Waals surface area contributed by atoms with E-state index in [0.717, 1.165) is 134 Å². The van der Waals surface area contributed by atoms with Gasteiger partial charge in [-0.25, -0.2) is 34.9 Å². The van der Waals surface area contributed by atoms with Gasteiger partial charge in [0.2, 0.25) is 0 Å². The number of nitrogens with zero attached hydrogens (tertiary/aromatic N) is 7. The van der Waals surface area contributed by atoms with E-state index >= 15 is 0 Å². The smallest absolute Gasteiger partial charge is 0.180 e. The van der Waals surface area contributed by atoms with Gasteiger partial charge in [-0.1, -0.05) is 474 Å². The Labute approximate surface area is 850 Å². The Bertz CT molecular complexity index is 9020. The molecule has 0 bridgehead atoms. The fraction of sp³-hybridized carbons (Fsp3) is 0.0730. The van der Waals surface area contributed by atoms with Gasteiger partial charge in [-0.2, -0.15) is 0 Å². The highest BCUT2D eigenvalue weighted by Crippen LogP contribution is 2.56. The van der Waals surface area contributed by atoms with Gasteiger partial charge < -0.3 is 9.15 Å². The van der Waals surface area contributed by atoms with Crippen LogP contribution in [0, 0.1) is 0 Å². The van der Waals surface area contributed by atoms with Crippen LogP contribution in [-0.4, -0.2) is 34.9 Å². The molecule has 3 aliphatic rings. The predicted octanol–water partition coefficient (Wildman–Crippen LogP) is 36.0. The first-order valence-electron chi connectivity index (χ1n) is 49.6. The van der Waals surface area contributed by atoms with Gasteiger partial charge in [-0.15, -0.1) is 0 Å². The van der Waals surface area contributed by atoms with Crippen LogP contribution < -0.4 is 4.74 Å². The highest BCUT2D eigenvalue weighted by atomic mass is 16.5. The second-order valence-electron chi connectivity index (χ2n) is 39.4. The van der Waals surface area contributed by atoms with Gasteiger partial charge in [0.25, 0.3) is 0 Å². The maximum Gasteiger partial charge on any atom is 0.180 e. The number of para-hydroxylation sites is 2. The Morgan fingerprint density at radius 3 is 1.12 bits per heavy atom. The van der Waals surface area contributed by atoms with Crippen molar-refractivity contribution in [2.45, 2.75) is 65.2 Å². The molecule has 0 saturated carbocycles. The van der Waals surface area contributed by atoms with Crippen molar-refractivity contribution in [2.75, 3.05) is 0 Å². The molecule has 4 aromatic heterocycles. The minimum Gasteiger partial charge on any atom is -0.457 e. The molecule has 0 radical (unpaired) electrons. The summed E-state index contributed by atoms with van der Waals surface area (Å²) in [6.45, 7) is 13.8. The number of hydrogen-bond donors (Lipinski definition) is 0. The summed E-state index contributed by atoms with van der Waals surface area (Å²) in [5, 5.41) is 5.98. The Morgan fingerprint density at radius 1 is 0.192 bits per heavy atom. The minimum absolute atomic E-state index is 0. The zero-order valence-corrected chi connectivity index (χ0v) is 81.1. The molecule has 0 saturated heterocycles. The van der Waals surface area contributed by atoms with Crippen LogP contribution in [-0.2, 0) is 16.2 Å². The molecule has 20 aromatic carbocycles. The largest absolute Gasteiger partial charge is 0.457 e. The van der Waals surface area contributed by atoms with Crippen molar-refractivity contribution in [3.8, 4) is 191 Å². The summed E-state index contributed by atoms with van der Waals surface area (Å²) in [4.78, 5) is 35.9. The molecule has 696 valence electrons. The van der Waals surface area contributed by atoms with Crippen LogP contribution in [0.2, 0.25) is 0 Å². The fourth-order valence-electron chi connectivity index (χ4n) is 21.5. The first kappa shape index (κ1) is 90.3. The molecule has 0 unspecified atom stereocenters. The lowest BCUT2D eigenvalue weighted by molar-refractivity contribution is 0.418. The zero-order chi connectivity index (χ0) is 97.4. The van der Waals surface area contributed by atoms with E-state index in [4.69, 9.17) is 44.0 Å². The lowest BCUT2D eigenvalue weighted by Gasteiger charge is -2.34. The molecule has 24 aromatic rings. The summed E-state index contributed by atoms with van der Waals surface area (Å²) in [5.74, 6) is 5.18. The number of benzene rings is 20. The predicted molar refractivity (Wildman–Crippen MR) is 603 cm³/mol. The van der Waals surface area contributed by atoms with Gasteiger partial charge in [-0.3, -0.25) is 0 Å². The number of ether oxygens (including phenoxy) is 1. The van der Waals surface area contributed by atoms with Crippen molar-refractivity contribution in [1.82, 2.24) is 34.9 Å². The van der Waals surface area contributed by atoms with E-state index in [1.54, 1.807) is 0 Å². The summed E-state index contributed by atoms with van der Waals surface area (Å²) in [6.07, 6.45) is 0. The van der Waals surface area contributed by atoms with E-state index in [1.165, 1.54) is 105 Å². The van der Waals surface area contributed by atoms with Crippen LogP contribution in [0.3, 0.4) is 0 Å². The molecule has 27 rings (SSSR count). The zero-order valence-electron chi connectivity index (χ0n) is 81.1. The molecule has 2 aliphatic carbocycles. The average molecular weight is 1880 g/mol. The summed E-state index contributed by atoms with van der Waals surface area (Å²) in [6, 6.07) is 169. The van der Waals surface area contributed by atoms with Crippen LogP contribution in [0.1, 0.15) is 82.5 Å². The lowest BCUT2D eigenvalue weighted by atomic mass is 9.75. The molecule has 0 fully saturated rings.